The van der Waals surface area contributed by atoms with E-state index in [0.717, 1.165) is 23.3 Å². The lowest BCUT2D eigenvalue weighted by molar-refractivity contribution is -0.123. The zero-order valence-electron chi connectivity index (χ0n) is 15.6. The van der Waals surface area contributed by atoms with E-state index in [0.29, 0.717) is 12.3 Å². The van der Waals surface area contributed by atoms with Gasteiger partial charge < -0.3 is 15.4 Å². The standard InChI is InChI=1S/C20H27N5O2/c1-27-16-6-4-15(5-7-16)22-19-17(11-21)20(25-24-19)23-18(26)10-14-9-12-2-3-13(14)8-12/h4-7,12-14,17,19-20,22,24-25H,2-3,8-10H2,1H3,(H,23,26). The van der Waals surface area contributed by atoms with Gasteiger partial charge in [-0.25, -0.2) is 10.9 Å². The van der Waals surface area contributed by atoms with Crippen LogP contribution in [0.5, 0.6) is 5.75 Å². The van der Waals surface area contributed by atoms with E-state index in [9.17, 15) is 10.1 Å². The molecule has 4 N–H and O–H groups in total. The topological polar surface area (TPSA) is 98.2 Å². The Morgan fingerprint density at radius 3 is 2.63 bits per heavy atom. The van der Waals surface area contributed by atoms with Crippen molar-refractivity contribution in [3.63, 3.8) is 0 Å². The summed E-state index contributed by atoms with van der Waals surface area (Å²) in [5, 5.41) is 15.9. The van der Waals surface area contributed by atoms with Gasteiger partial charge in [0.15, 0.2) is 0 Å². The molecule has 1 saturated heterocycles. The minimum atomic E-state index is -0.420. The minimum absolute atomic E-state index is 0.0391. The monoisotopic (exact) mass is 369 g/mol. The predicted octanol–water partition coefficient (Wildman–Crippen LogP) is 1.95. The number of carbonyl (C=O) groups excluding carboxylic acids is 1. The summed E-state index contributed by atoms with van der Waals surface area (Å²) < 4.78 is 5.16. The molecule has 1 aliphatic heterocycles. The maximum absolute atomic E-state index is 12.5. The van der Waals surface area contributed by atoms with E-state index in [1.54, 1.807) is 7.11 Å². The largest absolute Gasteiger partial charge is 0.497 e. The fourth-order valence-electron chi connectivity index (χ4n) is 4.92. The number of fused-ring (bicyclic) bond motifs is 2. The third-order valence-electron chi connectivity index (χ3n) is 6.32. The Hall–Kier alpha value is -2.30. The van der Waals surface area contributed by atoms with Crippen LogP contribution in [0.3, 0.4) is 0 Å². The molecule has 6 atom stereocenters. The number of nitriles is 1. The average Bonchev–Trinajstić information content (AvgIpc) is 3.38. The molecule has 6 unspecified atom stereocenters. The lowest BCUT2D eigenvalue weighted by atomic mass is 9.86. The summed E-state index contributed by atoms with van der Waals surface area (Å²) in [6, 6.07) is 9.83. The lowest BCUT2D eigenvalue weighted by Gasteiger charge is -2.23. The van der Waals surface area contributed by atoms with Gasteiger partial charge in [0.05, 0.1) is 13.2 Å². The van der Waals surface area contributed by atoms with Crippen molar-refractivity contribution in [2.24, 2.45) is 23.7 Å². The summed E-state index contributed by atoms with van der Waals surface area (Å²) in [6.07, 6.45) is 4.99. The molecule has 1 amide bonds. The first-order valence-corrected chi connectivity index (χ1v) is 9.77. The van der Waals surface area contributed by atoms with Gasteiger partial charge in [-0.3, -0.25) is 4.79 Å². The van der Waals surface area contributed by atoms with Crippen LogP contribution in [0.25, 0.3) is 0 Å². The van der Waals surface area contributed by atoms with E-state index in [4.69, 9.17) is 4.74 Å². The Labute approximate surface area is 159 Å². The van der Waals surface area contributed by atoms with Crippen molar-refractivity contribution in [2.45, 2.75) is 44.4 Å². The molecule has 0 spiro atoms. The molecule has 3 fully saturated rings. The lowest BCUT2D eigenvalue weighted by Crippen LogP contribution is -2.47. The van der Waals surface area contributed by atoms with Crippen molar-refractivity contribution in [3.05, 3.63) is 24.3 Å². The first-order chi connectivity index (χ1) is 13.2. The molecule has 0 aromatic heterocycles. The summed E-state index contributed by atoms with van der Waals surface area (Å²) in [4.78, 5) is 12.5. The number of methoxy groups -OCH3 is 1. The third-order valence-corrected chi connectivity index (χ3v) is 6.32. The van der Waals surface area contributed by atoms with Crippen LogP contribution in [0.4, 0.5) is 5.69 Å². The van der Waals surface area contributed by atoms with Gasteiger partial charge in [-0.05, 0) is 61.3 Å². The smallest absolute Gasteiger partial charge is 0.221 e. The highest BCUT2D eigenvalue weighted by Crippen LogP contribution is 2.49. The van der Waals surface area contributed by atoms with Crippen LogP contribution in [-0.2, 0) is 4.79 Å². The maximum Gasteiger partial charge on any atom is 0.221 e. The summed E-state index contributed by atoms with van der Waals surface area (Å²) in [5.41, 5.74) is 7.01. The molecule has 7 heteroatoms. The van der Waals surface area contributed by atoms with E-state index in [1.165, 1.54) is 25.7 Å². The van der Waals surface area contributed by atoms with Gasteiger partial charge >= 0.3 is 0 Å². The highest BCUT2D eigenvalue weighted by Gasteiger charge is 2.41. The Bertz CT molecular complexity index is 716. The maximum atomic E-state index is 12.5. The quantitative estimate of drug-likeness (QED) is 0.612. The van der Waals surface area contributed by atoms with E-state index in [2.05, 4.69) is 27.6 Å². The van der Waals surface area contributed by atoms with Crippen molar-refractivity contribution in [2.75, 3.05) is 12.4 Å². The number of nitrogens with zero attached hydrogens (tertiary/aromatic N) is 1. The van der Waals surface area contributed by atoms with Crippen LogP contribution in [0.1, 0.15) is 32.1 Å². The highest BCUT2D eigenvalue weighted by molar-refractivity contribution is 5.76. The van der Waals surface area contributed by atoms with Crippen LogP contribution in [-0.4, -0.2) is 25.3 Å². The molecule has 2 aliphatic carbocycles. The van der Waals surface area contributed by atoms with Gasteiger partial charge in [0, 0.05) is 12.1 Å². The molecule has 144 valence electrons. The molecule has 27 heavy (non-hydrogen) atoms. The Balaban J connectivity index is 1.31. The van der Waals surface area contributed by atoms with Crippen LogP contribution in [0.15, 0.2) is 24.3 Å². The van der Waals surface area contributed by atoms with Crippen molar-refractivity contribution < 1.29 is 9.53 Å². The number of anilines is 1. The number of amides is 1. The second kappa shape index (κ2) is 7.75. The molecule has 2 bridgehead atoms. The molecule has 1 aromatic rings. The molecular weight excluding hydrogens is 342 g/mol. The second-order valence-electron chi connectivity index (χ2n) is 7.98. The van der Waals surface area contributed by atoms with Gasteiger partial charge in [-0.15, -0.1) is 0 Å². The normalized spacial score (nSPS) is 34.2. The van der Waals surface area contributed by atoms with Crippen LogP contribution < -0.4 is 26.2 Å². The molecule has 0 radical (unpaired) electrons. The zero-order valence-corrected chi connectivity index (χ0v) is 15.6. The van der Waals surface area contributed by atoms with Crippen molar-refractivity contribution in [1.29, 1.82) is 5.26 Å². The molecule has 7 nitrogen and oxygen atoms in total. The third kappa shape index (κ3) is 3.87. The van der Waals surface area contributed by atoms with Gasteiger partial charge in [0.1, 0.15) is 24.0 Å². The van der Waals surface area contributed by atoms with E-state index >= 15 is 0 Å². The van der Waals surface area contributed by atoms with E-state index in [1.807, 2.05) is 24.3 Å². The molecule has 1 heterocycles. The molecule has 1 aromatic carbocycles. The van der Waals surface area contributed by atoms with E-state index < -0.39 is 12.1 Å². The molecule has 3 aliphatic rings. The number of hydrogen-bond donors (Lipinski definition) is 4. The minimum Gasteiger partial charge on any atom is -0.497 e. The number of rotatable bonds is 6. The molecular formula is C20H27N5O2. The Morgan fingerprint density at radius 2 is 2.00 bits per heavy atom. The number of benzene rings is 1. The van der Waals surface area contributed by atoms with E-state index in [-0.39, 0.29) is 12.1 Å². The first-order valence-electron chi connectivity index (χ1n) is 9.77. The summed E-state index contributed by atoms with van der Waals surface area (Å²) in [5.74, 6) is 2.48. The van der Waals surface area contributed by atoms with Gasteiger partial charge in [-0.2, -0.15) is 5.26 Å². The average molecular weight is 369 g/mol. The highest BCUT2D eigenvalue weighted by atomic mass is 16.5. The number of ether oxygens (including phenoxy) is 1. The van der Waals surface area contributed by atoms with Crippen molar-refractivity contribution >= 4 is 11.6 Å². The first kappa shape index (κ1) is 18.1. The Morgan fingerprint density at radius 1 is 1.22 bits per heavy atom. The van der Waals surface area contributed by atoms with Gasteiger partial charge in [0.2, 0.25) is 5.91 Å². The molecule has 4 rings (SSSR count). The van der Waals surface area contributed by atoms with Gasteiger partial charge in [0.25, 0.3) is 0 Å². The fourth-order valence-corrected chi connectivity index (χ4v) is 4.92. The summed E-state index contributed by atoms with van der Waals surface area (Å²) in [7, 11) is 1.63. The molecule has 2 saturated carbocycles. The fraction of sp³-hybridized carbons (Fsp3) is 0.600. The summed E-state index contributed by atoms with van der Waals surface area (Å²) >= 11 is 0. The Kier molecular flexibility index (Phi) is 5.19. The number of hydrogen-bond acceptors (Lipinski definition) is 6. The van der Waals surface area contributed by atoms with Crippen molar-refractivity contribution in [1.82, 2.24) is 16.2 Å². The number of hydrazine groups is 1. The van der Waals surface area contributed by atoms with Crippen LogP contribution >= 0.6 is 0 Å². The van der Waals surface area contributed by atoms with Crippen LogP contribution in [0, 0.1) is 35.0 Å². The summed E-state index contributed by atoms with van der Waals surface area (Å²) in [6.45, 7) is 0. The number of carbonyl (C=O) groups is 1. The van der Waals surface area contributed by atoms with Crippen molar-refractivity contribution in [3.8, 4) is 11.8 Å². The number of nitrogens with one attached hydrogen (secondary N) is 4. The SMILES string of the molecule is COc1ccc(NC2NNC(NC(=O)CC3CC4CCC3C4)C2C#N)cc1. The zero-order chi connectivity index (χ0) is 18.8. The van der Waals surface area contributed by atoms with Gasteiger partial charge in [-0.1, -0.05) is 6.42 Å². The van der Waals surface area contributed by atoms with Crippen LogP contribution in [0.2, 0.25) is 0 Å². The predicted molar refractivity (Wildman–Crippen MR) is 101 cm³/mol. The second-order valence-corrected chi connectivity index (χ2v) is 7.98.